The molecule has 2 amide bonds. The highest BCUT2D eigenvalue weighted by molar-refractivity contribution is 6.01. The number of benzene rings is 3. The molecule has 5 rings (SSSR count). The van der Waals surface area contributed by atoms with Crippen LogP contribution >= 0.6 is 0 Å². The first-order valence-corrected chi connectivity index (χ1v) is 12.6. The summed E-state index contributed by atoms with van der Waals surface area (Å²) in [5.41, 5.74) is 2.97. The van der Waals surface area contributed by atoms with E-state index in [2.05, 4.69) is 26.9 Å². The number of para-hydroxylation sites is 1. The summed E-state index contributed by atoms with van der Waals surface area (Å²) in [6, 6.07) is 29.2. The van der Waals surface area contributed by atoms with E-state index in [1.165, 1.54) is 6.20 Å². The fraction of sp³-hybridized carbons (Fsp3) is 0.200. The molecule has 4 aromatic rings. The number of carbonyl (C=O) groups excluding carboxylic acids is 2. The fourth-order valence-electron chi connectivity index (χ4n) is 4.87. The van der Waals surface area contributed by atoms with Crippen molar-refractivity contribution in [3.63, 3.8) is 0 Å². The minimum absolute atomic E-state index is 0.0504. The van der Waals surface area contributed by atoms with Gasteiger partial charge < -0.3 is 15.5 Å². The first kappa shape index (κ1) is 24.8. The Labute approximate surface area is 221 Å². The van der Waals surface area contributed by atoms with E-state index in [1.54, 1.807) is 0 Å². The topological polar surface area (TPSA) is 114 Å². The second-order valence-corrected chi connectivity index (χ2v) is 9.42. The van der Waals surface area contributed by atoms with E-state index >= 15 is 0 Å². The normalized spacial score (nSPS) is 14.3. The molecule has 8 heteroatoms. The van der Waals surface area contributed by atoms with Crippen molar-refractivity contribution >= 4 is 23.3 Å². The largest absolute Gasteiger partial charge is 0.345 e. The molecule has 0 unspecified atom stereocenters. The maximum absolute atomic E-state index is 13.5. The van der Waals surface area contributed by atoms with Crippen molar-refractivity contribution in [1.29, 1.82) is 5.26 Å². The van der Waals surface area contributed by atoms with Crippen LogP contribution in [0.1, 0.15) is 40.0 Å². The van der Waals surface area contributed by atoms with Crippen LogP contribution in [0, 0.1) is 11.3 Å². The van der Waals surface area contributed by atoms with Crippen LogP contribution in [-0.2, 0) is 0 Å². The average molecular weight is 505 g/mol. The molecule has 2 heterocycles. The monoisotopic (exact) mass is 504 g/mol. The number of carbonyl (C=O) groups is 2. The van der Waals surface area contributed by atoms with Gasteiger partial charge in [0.2, 0.25) is 0 Å². The Hall–Kier alpha value is -4.90. The van der Waals surface area contributed by atoms with Crippen LogP contribution in [0.15, 0.2) is 91.1 Å². The minimum atomic E-state index is -0.733. The van der Waals surface area contributed by atoms with Crippen molar-refractivity contribution in [2.24, 2.45) is 0 Å². The molecule has 3 N–H and O–H groups in total. The van der Waals surface area contributed by atoms with Crippen LogP contribution < -0.4 is 10.6 Å². The van der Waals surface area contributed by atoms with Crippen LogP contribution in [0.4, 0.5) is 11.5 Å². The molecule has 0 aliphatic carbocycles. The number of nitriles is 1. The molecule has 1 aromatic heterocycles. The third-order valence-corrected chi connectivity index (χ3v) is 6.97. The van der Waals surface area contributed by atoms with Crippen molar-refractivity contribution in [3.8, 4) is 17.2 Å². The number of piperidine rings is 1. The highest BCUT2D eigenvalue weighted by Gasteiger charge is 2.38. The van der Waals surface area contributed by atoms with Gasteiger partial charge in [-0.25, -0.2) is 0 Å². The highest BCUT2D eigenvalue weighted by atomic mass is 16.2. The lowest BCUT2D eigenvalue weighted by Gasteiger charge is -2.41. The molecule has 0 atom stereocenters. The Morgan fingerprint density at radius 3 is 2.29 bits per heavy atom. The summed E-state index contributed by atoms with van der Waals surface area (Å²) in [6.07, 6.45) is 2.58. The molecule has 8 nitrogen and oxygen atoms in total. The third kappa shape index (κ3) is 5.27. The van der Waals surface area contributed by atoms with Gasteiger partial charge in [0, 0.05) is 24.3 Å². The third-order valence-electron chi connectivity index (χ3n) is 6.97. The zero-order valence-electron chi connectivity index (χ0n) is 20.9. The predicted molar refractivity (Wildman–Crippen MR) is 146 cm³/mol. The number of aromatic amines is 1. The van der Waals surface area contributed by atoms with Gasteiger partial charge in [-0.3, -0.25) is 14.7 Å². The number of anilines is 2. The van der Waals surface area contributed by atoms with Crippen LogP contribution in [0.3, 0.4) is 0 Å². The zero-order chi connectivity index (χ0) is 26.4. The van der Waals surface area contributed by atoms with E-state index in [4.69, 9.17) is 0 Å². The Morgan fingerprint density at radius 2 is 1.58 bits per heavy atom. The van der Waals surface area contributed by atoms with E-state index in [1.807, 2.05) is 89.8 Å². The first-order chi connectivity index (χ1) is 18.6. The summed E-state index contributed by atoms with van der Waals surface area (Å²) in [4.78, 5) is 28.7. The zero-order valence-corrected chi connectivity index (χ0v) is 20.9. The van der Waals surface area contributed by atoms with Crippen molar-refractivity contribution in [2.75, 3.05) is 18.4 Å². The van der Waals surface area contributed by atoms with Crippen LogP contribution in [0.2, 0.25) is 0 Å². The van der Waals surface area contributed by atoms with Gasteiger partial charge in [-0.2, -0.15) is 10.4 Å². The van der Waals surface area contributed by atoms with Crippen LogP contribution in [-0.4, -0.2) is 45.5 Å². The Balaban J connectivity index is 1.29. The summed E-state index contributed by atoms with van der Waals surface area (Å²) in [5.74, 6) is 0.109. The lowest BCUT2D eigenvalue weighted by molar-refractivity contribution is 0.0624. The molecular formula is C30H28N6O2. The highest BCUT2D eigenvalue weighted by Crippen LogP contribution is 2.30. The molecule has 1 fully saturated rings. The number of amides is 2. The number of rotatable bonds is 7. The van der Waals surface area contributed by atoms with Gasteiger partial charge in [0.05, 0.1) is 24.2 Å². The van der Waals surface area contributed by atoms with Gasteiger partial charge in [0.15, 0.2) is 0 Å². The second kappa shape index (κ2) is 11.0. The summed E-state index contributed by atoms with van der Waals surface area (Å²) in [5, 5.41) is 22.7. The van der Waals surface area contributed by atoms with E-state index < -0.39 is 5.54 Å². The molecule has 1 aliphatic heterocycles. The van der Waals surface area contributed by atoms with Gasteiger partial charge in [-0.05, 0) is 42.2 Å². The maximum Gasteiger partial charge on any atom is 0.257 e. The van der Waals surface area contributed by atoms with Crippen LogP contribution in [0.25, 0.3) is 11.1 Å². The molecule has 190 valence electrons. The molecule has 1 saturated heterocycles. The Bertz CT molecular complexity index is 1450. The van der Waals surface area contributed by atoms with E-state index in [9.17, 15) is 14.9 Å². The number of nitrogens with one attached hydrogen (secondary N) is 3. The second-order valence-electron chi connectivity index (χ2n) is 9.42. The summed E-state index contributed by atoms with van der Waals surface area (Å²) in [6.45, 7) is 0.870. The number of H-pyrrole nitrogens is 1. The summed E-state index contributed by atoms with van der Waals surface area (Å²) >= 11 is 0. The van der Waals surface area contributed by atoms with Crippen LogP contribution in [0.5, 0.6) is 0 Å². The van der Waals surface area contributed by atoms with Gasteiger partial charge in [-0.1, -0.05) is 66.7 Å². The standard InChI is InChI=1S/C30H28N6O2/c31-18-15-30(34-28(37)26-21-32-35-27(26)33-23-11-5-2-6-12-23)16-19-36(20-17-30)29(38)25-14-8-7-13-24(25)22-9-3-1-4-10-22/h1-14,21H,15-17,19-20H2,(H,34,37)(H2,32,33,35). The van der Waals surface area contributed by atoms with Gasteiger partial charge >= 0.3 is 0 Å². The van der Waals surface area contributed by atoms with Gasteiger partial charge in [0.1, 0.15) is 11.4 Å². The van der Waals surface area contributed by atoms with E-state index in [0.29, 0.717) is 42.9 Å². The van der Waals surface area contributed by atoms with Crippen molar-refractivity contribution < 1.29 is 9.59 Å². The molecule has 3 aromatic carbocycles. The van der Waals surface area contributed by atoms with Gasteiger partial charge in [0.25, 0.3) is 11.8 Å². The minimum Gasteiger partial charge on any atom is -0.345 e. The summed E-state index contributed by atoms with van der Waals surface area (Å²) < 4.78 is 0. The molecule has 1 aliphatic rings. The lowest BCUT2D eigenvalue weighted by atomic mass is 9.84. The molecule has 0 radical (unpaired) electrons. The van der Waals surface area contributed by atoms with Crippen molar-refractivity contribution in [2.45, 2.75) is 24.8 Å². The number of nitrogens with zero attached hydrogens (tertiary/aromatic N) is 3. The molecule has 0 bridgehead atoms. The maximum atomic E-state index is 13.5. The van der Waals surface area contributed by atoms with Gasteiger partial charge in [-0.15, -0.1) is 0 Å². The molecule has 38 heavy (non-hydrogen) atoms. The quantitative estimate of drug-likeness (QED) is 0.323. The first-order valence-electron chi connectivity index (χ1n) is 12.6. The van der Waals surface area contributed by atoms with Crippen molar-refractivity contribution in [3.05, 3.63) is 102 Å². The van der Waals surface area contributed by atoms with E-state index in [0.717, 1.165) is 16.8 Å². The summed E-state index contributed by atoms with van der Waals surface area (Å²) in [7, 11) is 0. The number of hydrogen-bond donors (Lipinski definition) is 3. The lowest BCUT2D eigenvalue weighted by Crippen LogP contribution is -2.56. The Morgan fingerprint density at radius 1 is 0.921 bits per heavy atom. The predicted octanol–water partition coefficient (Wildman–Crippen LogP) is 5.14. The number of hydrogen-bond acceptors (Lipinski definition) is 5. The molecule has 0 saturated carbocycles. The number of aromatic nitrogens is 2. The Kier molecular flexibility index (Phi) is 7.18. The number of likely N-dealkylation sites (tertiary alicyclic amines) is 1. The SMILES string of the molecule is N#CCC1(NC(=O)c2cn[nH]c2Nc2ccccc2)CCN(C(=O)c2ccccc2-c2ccccc2)CC1. The molecule has 0 spiro atoms. The molecular weight excluding hydrogens is 476 g/mol. The van der Waals surface area contributed by atoms with Crippen molar-refractivity contribution in [1.82, 2.24) is 20.4 Å². The fourth-order valence-corrected chi connectivity index (χ4v) is 4.87. The smallest absolute Gasteiger partial charge is 0.257 e. The van der Waals surface area contributed by atoms with E-state index in [-0.39, 0.29) is 18.2 Å². The average Bonchev–Trinajstić information content (AvgIpc) is 3.42.